The number of morpholine rings is 1. The molecule has 9 heteroatoms. The number of halogens is 1. The molecule has 31 heavy (non-hydrogen) atoms. The summed E-state index contributed by atoms with van der Waals surface area (Å²) in [5.74, 6) is 2.16. The fourth-order valence-electron chi connectivity index (χ4n) is 5.40. The lowest BCUT2D eigenvalue weighted by Gasteiger charge is -2.38. The molecule has 1 atom stereocenters. The van der Waals surface area contributed by atoms with Crippen LogP contribution < -0.4 is 5.32 Å². The summed E-state index contributed by atoms with van der Waals surface area (Å²) in [5, 5.41) is 21.6. The molecule has 1 aromatic heterocycles. The van der Waals surface area contributed by atoms with Crippen LogP contribution in [0.15, 0.2) is 18.2 Å². The zero-order valence-electron chi connectivity index (χ0n) is 17.5. The summed E-state index contributed by atoms with van der Waals surface area (Å²) in [6.45, 7) is 3.73. The molecule has 2 aliphatic heterocycles. The maximum absolute atomic E-state index is 11.3. The highest BCUT2D eigenvalue weighted by atomic mass is 35.5. The number of hydrogen-bond acceptors (Lipinski definition) is 5. The Bertz CT molecular complexity index is 951. The van der Waals surface area contributed by atoms with E-state index in [1.54, 1.807) is 0 Å². The Kier molecular flexibility index (Phi) is 5.86. The van der Waals surface area contributed by atoms with Crippen LogP contribution in [0.3, 0.4) is 0 Å². The summed E-state index contributed by atoms with van der Waals surface area (Å²) in [4.78, 5) is 13.9. The van der Waals surface area contributed by atoms with Crippen LogP contribution in [0.25, 0.3) is 5.69 Å². The molecule has 1 aromatic carbocycles. The highest BCUT2D eigenvalue weighted by molar-refractivity contribution is 6.30. The standard InChI is InChI=1S/C22H28ClN5O3/c23-16-3-6-19-15(11-16)12-17(24-22(29)30)13-20-25-26-21(28(19)20)14-1-4-18(5-2-14)27-7-9-31-10-8-27/h3,6,11,14,17-18,24H,1-2,4-5,7-10,12-13H2,(H,29,30). The minimum Gasteiger partial charge on any atom is -0.465 e. The smallest absolute Gasteiger partial charge is 0.404 e. The SMILES string of the molecule is O=C(O)NC1Cc2cc(Cl)ccc2-n2c(nnc2C2CCC(N3CCOCC3)CC2)C1. The number of fused-ring (bicyclic) bond motifs is 3. The Labute approximate surface area is 186 Å². The largest absolute Gasteiger partial charge is 0.465 e. The number of aromatic nitrogens is 3. The van der Waals surface area contributed by atoms with Gasteiger partial charge in [0.1, 0.15) is 11.6 Å². The van der Waals surface area contributed by atoms with E-state index in [2.05, 4.69) is 25.0 Å². The third-order valence-electron chi connectivity index (χ3n) is 6.88. The predicted octanol–water partition coefficient (Wildman–Crippen LogP) is 3.01. The van der Waals surface area contributed by atoms with Gasteiger partial charge in [-0.15, -0.1) is 10.2 Å². The molecule has 8 nitrogen and oxygen atoms in total. The van der Waals surface area contributed by atoms with Gasteiger partial charge in [-0.05, 0) is 55.9 Å². The van der Waals surface area contributed by atoms with Crippen LogP contribution in [0.4, 0.5) is 4.79 Å². The number of amides is 1. The molecular weight excluding hydrogens is 418 g/mol. The number of carbonyl (C=O) groups is 1. The first kappa shape index (κ1) is 20.7. The van der Waals surface area contributed by atoms with Gasteiger partial charge >= 0.3 is 6.09 Å². The van der Waals surface area contributed by atoms with Crippen LogP contribution in [0.5, 0.6) is 0 Å². The Morgan fingerprint density at radius 3 is 2.65 bits per heavy atom. The lowest BCUT2D eigenvalue weighted by atomic mass is 9.84. The number of nitrogens with zero attached hydrogens (tertiary/aromatic N) is 4. The molecular formula is C22H28ClN5O3. The molecule has 2 fully saturated rings. The molecule has 1 unspecified atom stereocenters. The van der Waals surface area contributed by atoms with Crippen LogP contribution >= 0.6 is 11.6 Å². The van der Waals surface area contributed by atoms with Gasteiger partial charge in [-0.3, -0.25) is 9.47 Å². The number of carboxylic acid groups (broad SMARTS) is 1. The van der Waals surface area contributed by atoms with E-state index in [-0.39, 0.29) is 6.04 Å². The third-order valence-corrected chi connectivity index (χ3v) is 7.12. The Morgan fingerprint density at radius 1 is 1.13 bits per heavy atom. The van der Waals surface area contributed by atoms with E-state index in [0.29, 0.717) is 29.8 Å². The number of hydrogen-bond donors (Lipinski definition) is 2. The number of rotatable bonds is 3. The van der Waals surface area contributed by atoms with Crippen LogP contribution in [-0.4, -0.2) is 69.3 Å². The molecule has 5 rings (SSSR count). The van der Waals surface area contributed by atoms with Gasteiger partial charge in [0, 0.05) is 42.5 Å². The maximum atomic E-state index is 11.3. The summed E-state index contributed by atoms with van der Waals surface area (Å²) >= 11 is 6.27. The summed E-state index contributed by atoms with van der Waals surface area (Å²) < 4.78 is 7.67. The van der Waals surface area contributed by atoms with Gasteiger partial charge in [0.25, 0.3) is 0 Å². The third kappa shape index (κ3) is 4.29. The lowest BCUT2D eigenvalue weighted by Crippen LogP contribution is -2.44. The maximum Gasteiger partial charge on any atom is 0.404 e. The Morgan fingerprint density at radius 2 is 1.90 bits per heavy atom. The average molecular weight is 446 g/mol. The second-order valence-corrected chi connectivity index (χ2v) is 9.23. The Balaban J connectivity index is 1.41. The van der Waals surface area contributed by atoms with E-state index in [0.717, 1.165) is 74.9 Å². The first-order valence-electron chi connectivity index (χ1n) is 11.1. The van der Waals surface area contributed by atoms with E-state index in [9.17, 15) is 9.90 Å². The van der Waals surface area contributed by atoms with Crippen molar-refractivity contribution >= 4 is 17.7 Å². The van der Waals surface area contributed by atoms with E-state index < -0.39 is 6.09 Å². The molecule has 1 saturated heterocycles. The van der Waals surface area contributed by atoms with Crippen LogP contribution in [0.1, 0.15) is 48.8 Å². The predicted molar refractivity (Wildman–Crippen MR) is 116 cm³/mol. The minimum atomic E-state index is -1.02. The van der Waals surface area contributed by atoms with Crippen molar-refractivity contribution in [3.63, 3.8) is 0 Å². The Hall–Kier alpha value is -2.16. The van der Waals surface area contributed by atoms with E-state index >= 15 is 0 Å². The fourth-order valence-corrected chi connectivity index (χ4v) is 5.60. The van der Waals surface area contributed by atoms with E-state index in [4.69, 9.17) is 16.3 Å². The monoisotopic (exact) mass is 445 g/mol. The van der Waals surface area contributed by atoms with Crippen molar-refractivity contribution < 1.29 is 14.6 Å². The minimum absolute atomic E-state index is 0.259. The van der Waals surface area contributed by atoms with Gasteiger partial charge < -0.3 is 15.2 Å². The van der Waals surface area contributed by atoms with E-state index in [1.807, 2.05) is 18.2 Å². The van der Waals surface area contributed by atoms with Crippen molar-refractivity contribution in [3.8, 4) is 5.69 Å². The molecule has 1 aliphatic carbocycles. The van der Waals surface area contributed by atoms with Gasteiger partial charge in [-0.2, -0.15) is 0 Å². The molecule has 2 aromatic rings. The normalized spacial score (nSPS) is 26.5. The number of benzene rings is 1. The fraction of sp³-hybridized carbons (Fsp3) is 0.591. The summed E-state index contributed by atoms with van der Waals surface area (Å²) in [6, 6.07) is 6.19. The second-order valence-electron chi connectivity index (χ2n) is 8.79. The lowest BCUT2D eigenvalue weighted by molar-refractivity contribution is 0.00707. The molecule has 166 valence electrons. The summed E-state index contributed by atoms with van der Waals surface area (Å²) in [7, 11) is 0. The zero-order valence-corrected chi connectivity index (χ0v) is 18.2. The molecule has 1 saturated carbocycles. The molecule has 3 heterocycles. The van der Waals surface area contributed by atoms with Gasteiger partial charge in [0.05, 0.1) is 18.9 Å². The highest BCUT2D eigenvalue weighted by Gasteiger charge is 2.33. The molecule has 0 bridgehead atoms. The average Bonchev–Trinajstić information content (AvgIpc) is 3.11. The van der Waals surface area contributed by atoms with Gasteiger partial charge in [-0.25, -0.2) is 4.79 Å². The first-order valence-corrected chi connectivity index (χ1v) is 11.5. The quantitative estimate of drug-likeness (QED) is 0.754. The van der Waals surface area contributed by atoms with Crippen LogP contribution in [0, 0.1) is 0 Å². The van der Waals surface area contributed by atoms with Crippen molar-refractivity contribution in [1.82, 2.24) is 25.0 Å². The number of ether oxygens (including phenoxy) is 1. The second kappa shape index (κ2) is 8.76. The zero-order chi connectivity index (χ0) is 21.4. The summed E-state index contributed by atoms with van der Waals surface area (Å²) in [6.07, 6.45) is 4.54. The molecule has 0 radical (unpaired) electrons. The van der Waals surface area contributed by atoms with Crippen LogP contribution in [-0.2, 0) is 17.6 Å². The van der Waals surface area contributed by atoms with Crippen molar-refractivity contribution in [2.75, 3.05) is 26.3 Å². The molecule has 3 aliphatic rings. The van der Waals surface area contributed by atoms with Crippen LogP contribution in [0.2, 0.25) is 5.02 Å². The number of nitrogens with one attached hydrogen (secondary N) is 1. The van der Waals surface area contributed by atoms with E-state index in [1.165, 1.54) is 0 Å². The topological polar surface area (TPSA) is 92.5 Å². The van der Waals surface area contributed by atoms with Crippen molar-refractivity contribution in [3.05, 3.63) is 40.4 Å². The van der Waals surface area contributed by atoms with Crippen molar-refractivity contribution in [2.24, 2.45) is 0 Å². The van der Waals surface area contributed by atoms with Crippen molar-refractivity contribution in [1.29, 1.82) is 0 Å². The molecule has 0 spiro atoms. The van der Waals surface area contributed by atoms with Gasteiger partial charge in [-0.1, -0.05) is 11.6 Å². The first-order chi connectivity index (χ1) is 15.1. The molecule has 2 N–H and O–H groups in total. The highest BCUT2D eigenvalue weighted by Crippen LogP contribution is 2.37. The molecule has 1 amide bonds. The van der Waals surface area contributed by atoms with Gasteiger partial charge in [0.15, 0.2) is 0 Å². The van der Waals surface area contributed by atoms with Gasteiger partial charge in [0.2, 0.25) is 0 Å². The van der Waals surface area contributed by atoms with Crippen molar-refractivity contribution in [2.45, 2.75) is 56.5 Å². The summed E-state index contributed by atoms with van der Waals surface area (Å²) in [5.41, 5.74) is 2.04.